The van der Waals surface area contributed by atoms with Crippen molar-refractivity contribution in [1.29, 1.82) is 5.26 Å². The standard InChI is InChI=1S/C4H7N3O/c5-3-7-2-1-4(6)8/h7H,1-2H2,(H2,6,8). The van der Waals surface area contributed by atoms with Crippen molar-refractivity contribution >= 4 is 5.91 Å². The molecule has 3 N–H and O–H groups in total. The van der Waals surface area contributed by atoms with Crippen LogP contribution in [0.5, 0.6) is 0 Å². The minimum absolute atomic E-state index is 0.216. The molecule has 0 aliphatic carbocycles. The summed E-state index contributed by atoms with van der Waals surface area (Å²) in [6, 6.07) is 0. The quantitative estimate of drug-likeness (QED) is 0.278. The molecule has 0 unspecified atom stereocenters. The van der Waals surface area contributed by atoms with Crippen LogP contribution in [0.15, 0.2) is 0 Å². The first-order valence-corrected chi connectivity index (χ1v) is 2.17. The van der Waals surface area contributed by atoms with Crippen LogP contribution in [-0.2, 0) is 4.79 Å². The number of carbonyl (C=O) groups is 1. The Hall–Kier alpha value is -1.24. The monoisotopic (exact) mass is 113 g/mol. The minimum atomic E-state index is -0.396. The molecule has 8 heavy (non-hydrogen) atoms. The molecule has 4 nitrogen and oxygen atoms in total. The van der Waals surface area contributed by atoms with Gasteiger partial charge in [0, 0.05) is 13.0 Å². The van der Waals surface area contributed by atoms with Gasteiger partial charge in [-0.05, 0) is 0 Å². The number of nitrogens with two attached hydrogens (primary N) is 1. The maximum absolute atomic E-state index is 9.95. The van der Waals surface area contributed by atoms with Crippen LogP contribution in [-0.4, -0.2) is 12.5 Å². The summed E-state index contributed by atoms with van der Waals surface area (Å²) in [4.78, 5) is 9.95. The lowest BCUT2D eigenvalue weighted by atomic mass is 10.4. The van der Waals surface area contributed by atoms with E-state index in [-0.39, 0.29) is 6.42 Å². The van der Waals surface area contributed by atoms with E-state index in [1.807, 2.05) is 0 Å². The number of amides is 1. The van der Waals surface area contributed by atoms with Gasteiger partial charge in [-0.1, -0.05) is 0 Å². The Morgan fingerprint density at radius 3 is 2.88 bits per heavy atom. The number of hydrogen-bond donors (Lipinski definition) is 2. The summed E-state index contributed by atoms with van der Waals surface area (Å²) in [7, 11) is 0. The molecule has 0 rings (SSSR count). The lowest BCUT2D eigenvalue weighted by Crippen LogP contribution is -2.18. The lowest BCUT2D eigenvalue weighted by molar-refractivity contribution is -0.117. The van der Waals surface area contributed by atoms with Crippen LogP contribution >= 0.6 is 0 Å². The van der Waals surface area contributed by atoms with Crippen LogP contribution in [0, 0.1) is 11.5 Å². The molecule has 0 aromatic heterocycles. The van der Waals surface area contributed by atoms with E-state index in [9.17, 15) is 4.79 Å². The molecule has 1 amide bonds. The van der Waals surface area contributed by atoms with Crippen molar-refractivity contribution in [2.45, 2.75) is 6.42 Å². The average Bonchev–Trinajstić information content (AvgIpc) is 1.66. The fraction of sp³-hybridized carbons (Fsp3) is 0.500. The number of nitrogens with one attached hydrogen (secondary N) is 1. The SMILES string of the molecule is N#CNCCC(N)=O. The fourth-order valence-corrected chi connectivity index (χ4v) is 0.242. The minimum Gasteiger partial charge on any atom is -0.370 e. The second kappa shape index (κ2) is 3.93. The summed E-state index contributed by atoms with van der Waals surface area (Å²) in [5, 5.41) is 10.2. The van der Waals surface area contributed by atoms with Gasteiger partial charge in [-0.3, -0.25) is 4.79 Å². The van der Waals surface area contributed by atoms with E-state index < -0.39 is 5.91 Å². The van der Waals surface area contributed by atoms with E-state index in [0.717, 1.165) is 0 Å². The third kappa shape index (κ3) is 4.76. The summed E-state index contributed by atoms with van der Waals surface area (Å²) in [6.07, 6.45) is 1.88. The first-order chi connectivity index (χ1) is 3.77. The summed E-state index contributed by atoms with van der Waals surface area (Å²) in [5.74, 6) is -0.396. The molecule has 0 fully saturated rings. The van der Waals surface area contributed by atoms with Gasteiger partial charge in [0.15, 0.2) is 6.19 Å². The second-order valence-corrected chi connectivity index (χ2v) is 1.25. The highest BCUT2D eigenvalue weighted by Crippen LogP contribution is 1.68. The van der Waals surface area contributed by atoms with Crippen molar-refractivity contribution < 1.29 is 4.79 Å². The Balaban J connectivity index is 2.97. The topological polar surface area (TPSA) is 78.9 Å². The largest absolute Gasteiger partial charge is 0.370 e. The Labute approximate surface area is 47.3 Å². The van der Waals surface area contributed by atoms with E-state index in [1.54, 1.807) is 6.19 Å². The fourth-order valence-electron chi connectivity index (χ4n) is 0.242. The lowest BCUT2D eigenvalue weighted by Gasteiger charge is -1.89. The molecular formula is C4H7N3O. The van der Waals surface area contributed by atoms with Gasteiger partial charge in [-0.25, -0.2) is 0 Å². The molecule has 0 atom stereocenters. The van der Waals surface area contributed by atoms with Gasteiger partial charge in [-0.15, -0.1) is 0 Å². The highest BCUT2D eigenvalue weighted by atomic mass is 16.1. The number of hydrogen-bond acceptors (Lipinski definition) is 3. The summed E-state index contributed by atoms with van der Waals surface area (Å²) >= 11 is 0. The third-order valence-corrected chi connectivity index (χ3v) is 0.575. The van der Waals surface area contributed by atoms with E-state index in [0.29, 0.717) is 6.54 Å². The van der Waals surface area contributed by atoms with Crippen LogP contribution in [0.1, 0.15) is 6.42 Å². The van der Waals surface area contributed by atoms with Crippen LogP contribution in [0.4, 0.5) is 0 Å². The molecule has 0 radical (unpaired) electrons. The van der Waals surface area contributed by atoms with Gasteiger partial charge in [0.05, 0.1) is 0 Å². The van der Waals surface area contributed by atoms with Crippen molar-refractivity contribution in [3.63, 3.8) is 0 Å². The maximum Gasteiger partial charge on any atom is 0.219 e. The average molecular weight is 113 g/mol. The second-order valence-electron chi connectivity index (χ2n) is 1.25. The number of carbonyl (C=O) groups excluding carboxylic acids is 1. The van der Waals surface area contributed by atoms with Gasteiger partial charge in [0.1, 0.15) is 0 Å². The van der Waals surface area contributed by atoms with Crippen molar-refractivity contribution in [2.24, 2.45) is 5.73 Å². The predicted octanol–water partition coefficient (Wildman–Crippen LogP) is -1.07. The van der Waals surface area contributed by atoms with E-state index in [1.165, 1.54) is 0 Å². The molecule has 0 aromatic rings. The molecule has 44 valence electrons. The Bertz CT molecular complexity index is 115. The Kier molecular flexibility index (Phi) is 3.32. The van der Waals surface area contributed by atoms with Crippen LogP contribution in [0.25, 0.3) is 0 Å². The van der Waals surface area contributed by atoms with Gasteiger partial charge in [0.25, 0.3) is 0 Å². The Morgan fingerprint density at radius 2 is 2.50 bits per heavy atom. The number of nitrogens with zero attached hydrogens (tertiary/aromatic N) is 1. The van der Waals surface area contributed by atoms with Gasteiger partial charge in [-0.2, -0.15) is 5.26 Å². The van der Waals surface area contributed by atoms with E-state index in [4.69, 9.17) is 11.0 Å². The van der Waals surface area contributed by atoms with Crippen LogP contribution in [0.2, 0.25) is 0 Å². The van der Waals surface area contributed by atoms with Gasteiger partial charge in [0.2, 0.25) is 5.91 Å². The molecule has 0 spiro atoms. The highest BCUT2D eigenvalue weighted by Gasteiger charge is 1.89. The van der Waals surface area contributed by atoms with Gasteiger partial charge >= 0.3 is 0 Å². The first kappa shape index (κ1) is 6.76. The van der Waals surface area contributed by atoms with Gasteiger partial charge < -0.3 is 11.1 Å². The first-order valence-electron chi connectivity index (χ1n) is 2.17. The molecular weight excluding hydrogens is 106 g/mol. The third-order valence-electron chi connectivity index (χ3n) is 0.575. The molecule has 0 saturated heterocycles. The molecule has 0 saturated carbocycles. The zero-order valence-electron chi connectivity index (χ0n) is 4.35. The van der Waals surface area contributed by atoms with Crippen molar-refractivity contribution in [1.82, 2.24) is 5.32 Å². The number of nitriles is 1. The Morgan fingerprint density at radius 1 is 1.88 bits per heavy atom. The highest BCUT2D eigenvalue weighted by molar-refractivity contribution is 5.73. The summed E-state index contributed by atoms with van der Waals surface area (Å²) in [6.45, 7) is 0.339. The predicted molar refractivity (Wildman–Crippen MR) is 27.4 cm³/mol. The molecule has 0 bridgehead atoms. The zero-order valence-corrected chi connectivity index (χ0v) is 4.35. The van der Waals surface area contributed by atoms with E-state index in [2.05, 4.69) is 5.32 Å². The molecule has 0 aliphatic rings. The van der Waals surface area contributed by atoms with Crippen LogP contribution < -0.4 is 11.1 Å². The van der Waals surface area contributed by atoms with Crippen molar-refractivity contribution in [2.75, 3.05) is 6.54 Å². The molecule has 0 aliphatic heterocycles. The zero-order chi connectivity index (χ0) is 6.41. The molecule has 0 heterocycles. The van der Waals surface area contributed by atoms with E-state index >= 15 is 0 Å². The normalized spacial score (nSPS) is 7.38. The van der Waals surface area contributed by atoms with Crippen molar-refractivity contribution in [3.05, 3.63) is 0 Å². The molecule has 0 aromatic carbocycles. The number of rotatable bonds is 3. The smallest absolute Gasteiger partial charge is 0.219 e. The van der Waals surface area contributed by atoms with Crippen molar-refractivity contribution in [3.8, 4) is 6.19 Å². The maximum atomic E-state index is 9.95. The summed E-state index contributed by atoms with van der Waals surface area (Å²) < 4.78 is 0. The van der Waals surface area contributed by atoms with Crippen LogP contribution in [0.3, 0.4) is 0 Å². The molecule has 4 heteroatoms. The summed E-state index contributed by atoms with van der Waals surface area (Å²) in [5.41, 5.74) is 4.74. The number of primary amides is 1.